The number of halogens is 1. The standard InChI is InChI=1S/C17H26ClN3O2/c1-17(2,3)23-16(22)21-10-8-20(9-11-21)15(12-19)13-4-6-14(18)7-5-13/h4-7,15H,8-12,19H2,1-3H3/t15-/m0/s1. The SMILES string of the molecule is CC(C)(C)OC(=O)N1CCN([C@@H](CN)c2ccc(Cl)cc2)CC1. The Bertz CT molecular complexity index is 520. The molecule has 2 rings (SSSR count). The summed E-state index contributed by atoms with van der Waals surface area (Å²) in [4.78, 5) is 16.2. The summed E-state index contributed by atoms with van der Waals surface area (Å²) in [5, 5.41) is 0.722. The predicted molar refractivity (Wildman–Crippen MR) is 92.6 cm³/mol. The Balaban J connectivity index is 1.94. The van der Waals surface area contributed by atoms with Gasteiger partial charge in [0.1, 0.15) is 5.60 Å². The molecule has 1 amide bonds. The zero-order valence-corrected chi connectivity index (χ0v) is 14.8. The molecule has 0 aromatic heterocycles. The van der Waals surface area contributed by atoms with Crippen molar-refractivity contribution in [2.24, 2.45) is 5.73 Å². The fourth-order valence-electron chi connectivity index (χ4n) is 2.72. The zero-order chi connectivity index (χ0) is 17.0. The van der Waals surface area contributed by atoms with Gasteiger partial charge in [0.2, 0.25) is 0 Å². The molecule has 1 aromatic carbocycles. The highest BCUT2D eigenvalue weighted by atomic mass is 35.5. The molecule has 23 heavy (non-hydrogen) atoms. The van der Waals surface area contributed by atoms with Crippen molar-refractivity contribution in [2.45, 2.75) is 32.4 Å². The first-order chi connectivity index (χ1) is 10.8. The van der Waals surface area contributed by atoms with E-state index in [9.17, 15) is 4.79 Å². The third-order valence-electron chi connectivity index (χ3n) is 3.88. The molecule has 0 bridgehead atoms. The molecular formula is C17H26ClN3O2. The average molecular weight is 340 g/mol. The Labute approximate surface area is 143 Å². The van der Waals surface area contributed by atoms with E-state index in [2.05, 4.69) is 4.90 Å². The van der Waals surface area contributed by atoms with Gasteiger partial charge in [-0.15, -0.1) is 0 Å². The number of ether oxygens (including phenoxy) is 1. The van der Waals surface area contributed by atoms with E-state index in [1.165, 1.54) is 0 Å². The number of hydrogen-bond acceptors (Lipinski definition) is 4. The largest absolute Gasteiger partial charge is 0.444 e. The van der Waals surface area contributed by atoms with Crippen molar-refractivity contribution in [1.82, 2.24) is 9.80 Å². The first-order valence-electron chi connectivity index (χ1n) is 7.97. The molecule has 1 aliphatic heterocycles. The maximum Gasteiger partial charge on any atom is 0.410 e. The van der Waals surface area contributed by atoms with E-state index < -0.39 is 5.60 Å². The summed E-state index contributed by atoms with van der Waals surface area (Å²) in [6, 6.07) is 7.95. The van der Waals surface area contributed by atoms with Gasteiger partial charge in [-0.1, -0.05) is 23.7 Å². The summed E-state index contributed by atoms with van der Waals surface area (Å²) in [5.74, 6) is 0. The van der Waals surface area contributed by atoms with Crippen LogP contribution in [0.25, 0.3) is 0 Å². The van der Waals surface area contributed by atoms with Crippen LogP contribution in [0.2, 0.25) is 5.02 Å². The fraction of sp³-hybridized carbons (Fsp3) is 0.588. The van der Waals surface area contributed by atoms with Gasteiger partial charge in [0.15, 0.2) is 0 Å². The lowest BCUT2D eigenvalue weighted by Gasteiger charge is -2.39. The summed E-state index contributed by atoms with van der Waals surface area (Å²) in [5.41, 5.74) is 6.67. The van der Waals surface area contributed by atoms with Gasteiger partial charge < -0.3 is 15.4 Å². The van der Waals surface area contributed by atoms with Crippen LogP contribution >= 0.6 is 11.6 Å². The van der Waals surface area contributed by atoms with E-state index in [0.717, 1.165) is 23.7 Å². The monoisotopic (exact) mass is 339 g/mol. The predicted octanol–water partition coefficient (Wildman–Crippen LogP) is 2.89. The van der Waals surface area contributed by atoms with Gasteiger partial charge in [0, 0.05) is 43.8 Å². The number of rotatable bonds is 3. The van der Waals surface area contributed by atoms with Gasteiger partial charge in [-0.25, -0.2) is 4.79 Å². The third-order valence-corrected chi connectivity index (χ3v) is 4.14. The van der Waals surface area contributed by atoms with Crippen LogP contribution in [0, 0.1) is 0 Å². The Morgan fingerprint density at radius 2 is 1.78 bits per heavy atom. The van der Waals surface area contributed by atoms with Gasteiger partial charge in [-0.05, 0) is 38.5 Å². The maximum atomic E-state index is 12.1. The molecule has 1 aromatic rings. The van der Waals surface area contributed by atoms with E-state index in [1.807, 2.05) is 45.0 Å². The number of carbonyl (C=O) groups is 1. The minimum absolute atomic E-state index is 0.146. The summed E-state index contributed by atoms with van der Waals surface area (Å²) in [6.45, 7) is 9.05. The Morgan fingerprint density at radius 1 is 1.22 bits per heavy atom. The van der Waals surface area contributed by atoms with Crippen LogP contribution in [0.1, 0.15) is 32.4 Å². The Kier molecular flexibility index (Phi) is 5.89. The lowest BCUT2D eigenvalue weighted by atomic mass is 10.0. The van der Waals surface area contributed by atoms with Gasteiger partial charge in [0.05, 0.1) is 0 Å². The average Bonchev–Trinajstić information content (AvgIpc) is 2.49. The minimum atomic E-state index is -0.461. The van der Waals surface area contributed by atoms with E-state index in [4.69, 9.17) is 22.1 Å². The van der Waals surface area contributed by atoms with E-state index >= 15 is 0 Å². The first kappa shape index (κ1) is 18.0. The number of piperazine rings is 1. The molecule has 0 unspecified atom stereocenters. The number of hydrogen-bond donors (Lipinski definition) is 1. The minimum Gasteiger partial charge on any atom is -0.444 e. The molecule has 2 N–H and O–H groups in total. The van der Waals surface area contributed by atoms with E-state index in [1.54, 1.807) is 4.90 Å². The number of nitrogens with two attached hydrogens (primary N) is 1. The lowest BCUT2D eigenvalue weighted by Crippen LogP contribution is -2.51. The highest BCUT2D eigenvalue weighted by molar-refractivity contribution is 6.30. The molecule has 0 saturated carbocycles. The van der Waals surface area contributed by atoms with Gasteiger partial charge in [-0.2, -0.15) is 0 Å². The molecule has 0 spiro atoms. The lowest BCUT2D eigenvalue weighted by molar-refractivity contribution is 0.0106. The van der Waals surface area contributed by atoms with Crippen LogP contribution in [-0.4, -0.2) is 54.2 Å². The second kappa shape index (κ2) is 7.51. The van der Waals surface area contributed by atoms with Crippen LogP contribution in [0.5, 0.6) is 0 Å². The molecule has 1 saturated heterocycles. The molecule has 128 valence electrons. The Morgan fingerprint density at radius 3 is 2.26 bits per heavy atom. The summed E-state index contributed by atoms with van der Waals surface area (Å²) < 4.78 is 5.43. The summed E-state index contributed by atoms with van der Waals surface area (Å²) in [6.07, 6.45) is -0.243. The second-order valence-corrected chi connectivity index (χ2v) is 7.24. The molecule has 5 nitrogen and oxygen atoms in total. The second-order valence-electron chi connectivity index (χ2n) is 6.81. The van der Waals surface area contributed by atoms with E-state index in [-0.39, 0.29) is 12.1 Å². The number of benzene rings is 1. The van der Waals surface area contributed by atoms with Crippen molar-refractivity contribution < 1.29 is 9.53 Å². The van der Waals surface area contributed by atoms with E-state index in [0.29, 0.717) is 19.6 Å². The van der Waals surface area contributed by atoms with Crippen molar-refractivity contribution in [2.75, 3.05) is 32.7 Å². The molecule has 1 aliphatic rings. The topological polar surface area (TPSA) is 58.8 Å². The van der Waals surface area contributed by atoms with Crippen LogP contribution in [0.15, 0.2) is 24.3 Å². The molecule has 0 radical (unpaired) electrons. The number of nitrogens with zero attached hydrogens (tertiary/aromatic N) is 2. The van der Waals surface area contributed by atoms with Crippen molar-refractivity contribution in [3.05, 3.63) is 34.9 Å². The quantitative estimate of drug-likeness (QED) is 0.920. The molecule has 1 atom stereocenters. The van der Waals surface area contributed by atoms with Crippen molar-refractivity contribution in [3.63, 3.8) is 0 Å². The Hall–Kier alpha value is -1.30. The highest BCUT2D eigenvalue weighted by Gasteiger charge is 2.28. The maximum absolute atomic E-state index is 12.1. The normalized spacial score (nSPS) is 17.9. The van der Waals surface area contributed by atoms with Crippen molar-refractivity contribution in [1.29, 1.82) is 0 Å². The smallest absolute Gasteiger partial charge is 0.410 e. The first-order valence-corrected chi connectivity index (χ1v) is 8.35. The van der Waals surface area contributed by atoms with Gasteiger partial charge in [-0.3, -0.25) is 4.90 Å². The van der Waals surface area contributed by atoms with Crippen LogP contribution in [-0.2, 0) is 4.74 Å². The van der Waals surface area contributed by atoms with Crippen molar-refractivity contribution >= 4 is 17.7 Å². The number of amides is 1. The van der Waals surface area contributed by atoms with Crippen LogP contribution in [0.3, 0.4) is 0 Å². The van der Waals surface area contributed by atoms with Gasteiger partial charge >= 0.3 is 6.09 Å². The van der Waals surface area contributed by atoms with Gasteiger partial charge in [0.25, 0.3) is 0 Å². The summed E-state index contributed by atoms with van der Waals surface area (Å²) in [7, 11) is 0. The molecule has 1 heterocycles. The molecule has 6 heteroatoms. The molecule has 0 aliphatic carbocycles. The fourth-order valence-corrected chi connectivity index (χ4v) is 2.85. The molecule has 1 fully saturated rings. The van der Waals surface area contributed by atoms with Crippen LogP contribution in [0.4, 0.5) is 4.79 Å². The molecular weight excluding hydrogens is 314 g/mol. The van der Waals surface area contributed by atoms with Crippen LogP contribution < -0.4 is 5.73 Å². The third kappa shape index (κ3) is 5.09. The highest BCUT2D eigenvalue weighted by Crippen LogP contribution is 2.23. The summed E-state index contributed by atoms with van der Waals surface area (Å²) >= 11 is 5.95. The number of carbonyl (C=O) groups excluding carboxylic acids is 1. The zero-order valence-electron chi connectivity index (χ0n) is 14.1. The van der Waals surface area contributed by atoms with Crippen molar-refractivity contribution in [3.8, 4) is 0 Å².